The molecule has 1 aliphatic rings. The number of alkyl halides is 2. The van der Waals surface area contributed by atoms with Gasteiger partial charge in [0.1, 0.15) is 5.75 Å². The normalized spacial score (nSPS) is 18.9. The maximum absolute atomic E-state index is 12.5. The molecule has 0 aromatic heterocycles. The van der Waals surface area contributed by atoms with E-state index in [0.29, 0.717) is 31.0 Å². The molecule has 1 heterocycles. The highest BCUT2D eigenvalue weighted by Gasteiger charge is 2.27. The Hall–Kier alpha value is -1.17. The summed E-state index contributed by atoms with van der Waals surface area (Å²) >= 11 is 0. The standard InChI is InChI=1S/C17H25F2N3O3S.HI/c1-3-20-17(21-9-13-6-7-26(23,24)11-13)22-10-14-8-12(2)4-5-15(14)25-16(18)19;/h4-5,8,13,16H,3,6-7,9-11H2,1-2H3,(H2,20,21,22);1H. The summed E-state index contributed by atoms with van der Waals surface area (Å²) in [5.41, 5.74) is 1.48. The van der Waals surface area contributed by atoms with Crippen LogP contribution in [0.4, 0.5) is 8.78 Å². The van der Waals surface area contributed by atoms with Gasteiger partial charge in [0.25, 0.3) is 0 Å². The molecule has 0 radical (unpaired) electrons. The SMILES string of the molecule is CCNC(=NCc1cc(C)ccc1OC(F)F)NCC1CCS(=O)(=O)C1.I. The van der Waals surface area contributed by atoms with Gasteiger partial charge in [-0.05, 0) is 32.3 Å². The number of nitrogens with one attached hydrogen (secondary N) is 2. The number of hydrogen-bond acceptors (Lipinski definition) is 4. The van der Waals surface area contributed by atoms with Crippen LogP contribution in [0.3, 0.4) is 0 Å². The summed E-state index contributed by atoms with van der Waals surface area (Å²) in [6.07, 6.45) is 0.638. The third-order valence-corrected chi connectivity index (χ3v) is 5.91. The van der Waals surface area contributed by atoms with E-state index in [1.54, 1.807) is 12.1 Å². The van der Waals surface area contributed by atoms with Gasteiger partial charge in [-0.25, -0.2) is 13.4 Å². The van der Waals surface area contributed by atoms with Crippen molar-refractivity contribution >= 4 is 39.8 Å². The first-order valence-electron chi connectivity index (χ1n) is 8.56. The summed E-state index contributed by atoms with van der Waals surface area (Å²) in [6, 6.07) is 4.97. The quantitative estimate of drug-likeness (QED) is 0.331. The minimum absolute atomic E-state index is 0. The summed E-state index contributed by atoms with van der Waals surface area (Å²) in [4.78, 5) is 4.41. The van der Waals surface area contributed by atoms with Crippen LogP contribution in [0.25, 0.3) is 0 Å². The molecule has 1 aromatic rings. The van der Waals surface area contributed by atoms with Gasteiger partial charge in [-0.15, -0.1) is 24.0 Å². The Morgan fingerprint density at radius 2 is 2.11 bits per heavy atom. The highest BCUT2D eigenvalue weighted by atomic mass is 127. The van der Waals surface area contributed by atoms with Gasteiger partial charge in [-0.3, -0.25) is 0 Å². The van der Waals surface area contributed by atoms with Crippen LogP contribution in [0.15, 0.2) is 23.2 Å². The third kappa shape index (κ3) is 8.16. The van der Waals surface area contributed by atoms with Crippen LogP contribution in [-0.2, 0) is 16.4 Å². The second-order valence-electron chi connectivity index (χ2n) is 6.33. The first-order chi connectivity index (χ1) is 12.3. The Bertz CT molecular complexity index is 745. The zero-order chi connectivity index (χ0) is 19.2. The summed E-state index contributed by atoms with van der Waals surface area (Å²) in [6.45, 7) is 2.18. The van der Waals surface area contributed by atoms with E-state index >= 15 is 0 Å². The maximum Gasteiger partial charge on any atom is 0.387 e. The fourth-order valence-corrected chi connectivity index (χ4v) is 4.68. The lowest BCUT2D eigenvalue weighted by atomic mass is 10.1. The largest absolute Gasteiger partial charge is 0.434 e. The first kappa shape index (κ1) is 23.9. The number of ether oxygens (including phenoxy) is 1. The molecule has 6 nitrogen and oxygen atoms in total. The lowest BCUT2D eigenvalue weighted by Gasteiger charge is -2.15. The molecule has 1 saturated heterocycles. The van der Waals surface area contributed by atoms with Crippen LogP contribution in [0.2, 0.25) is 0 Å². The predicted octanol–water partition coefficient (Wildman–Crippen LogP) is 2.70. The van der Waals surface area contributed by atoms with Gasteiger partial charge in [-0.2, -0.15) is 8.78 Å². The van der Waals surface area contributed by atoms with Crippen LogP contribution >= 0.6 is 24.0 Å². The van der Waals surface area contributed by atoms with Crippen molar-refractivity contribution in [3.05, 3.63) is 29.3 Å². The number of benzene rings is 1. The summed E-state index contributed by atoms with van der Waals surface area (Å²) in [7, 11) is -2.92. The Kier molecular flexibility index (Phi) is 9.71. The number of aryl methyl sites for hydroxylation is 1. The molecule has 2 N–H and O–H groups in total. The Balaban J connectivity index is 0.00000364. The second kappa shape index (κ2) is 11.0. The minimum Gasteiger partial charge on any atom is -0.434 e. The van der Waals surface area contributed by atoms with Crippen molar-refractivity contribution in [3.63, 3.8) is 0 Å². The number of rotatable bonds is 7. The topological polar surface area (TPSA) is 79.8 Å². The summed E-state index contributed by atoms with van der Waals surface area (Å²) in [5.74, 6) is 1.09. The highest BCUT2D eigenvalue weighted by molar-refractivity contribution is 14.0. The molecular weight excluding hydrogens is 491 g/mol. The lowest BCUT2D eigenvalue weighted by Crippen LogP contribution is -2.40. The molecule has 0 amide bonds. The van der Waals surface area contributed by atoms with Gasteiger partial charge in [0.2, 0.25) is 0 Å². The zero-order valence-electron chi connectivity index (χ0n) is 15.4. The fraction of sp³-hybridized carbons (Fsp3) is 0.588. The number of hydrogen-bond donors (Lipinski definition) is 2. The van der Waals surface area contributed by atoms with Crippen molar-refractivity contribution in [2.45, 2.75) is 33.4 Å². The number of aliphatic imine (C=N–C) groups is 1. The predicted molar refractivity (Wildman–Crippen MR) is 113 cm³/mol. The lowest BCUT2D eigenvalue weighted by molar-refractivity contribution is -0.0504. The molecule has 0 saturated carbocycles. The van der Waals surface area contributed by atoms with Crippen molar-refractivity contribution in [1.29, 1.82) is 0 Å². The van der Waals surface area contributed by atoms with E-state index in [2.05, 4.69) is 20.4 Å². The molecule has 1 aromatic carbocycles. The van der Waals surface area contributed by atoms with E-state index < -0.39 is 16.4 Å². The molecule has 154 valence electrons. The number of guanidine groups is 1. The molecule has 10 heteroatoms. The monoisotopic (exact) mass is 517 g/mol. The van der Waals surface area contributed by atoms with E-state index in [0.717, 1.165) is 5.56 Å². The summed E-state index contributed by atoms with van der Waals surface area (Å²) < 4.78 is 52.7. The van der Waals surface area contributed by atoms with Gasteiger partial charge in [0.05, 0.1) is 18.1 Å². The molecule has 0 aliphatic carbocycles. The van der Waals surface area contributed by atoms with Gasteiger partial charge in [0, 0.05) is 18.7 Å². The number of nitrogens with zero attached hydrogens (tertiary/aromatic N) is 1. The Morgan fingerprint density at radius 1 is 1.37 bits per heavy atom. The van der Waals surface area contributed by atoms with Crippen molar-refractivity contribution in [2.75, 3.05) is 24.6 Å². The molecule has 27 heavy (non-hydrogen) atoms. The zero-order valence-corrected chi connectivity index (χ0v) is 18.5. The molecular formula is C17H26F2IN3O3S. The van der Waals surface area contributed by atoms with Crippen molar-refractivity contribution < 1.29 is 21.9 Å². The number of halogens is 3. The minimum atomic E-state index is -2.92. The smallest absolute Gasteiger partial charge is 0.387 e. The van der Waals surface area contributed by atoms with Gasteiger partial charge >= 0.3 is 6.61 Å². The van der Waals surface area contributed by atoms with Gasteiger partial charge < -0.3 is 15.4 Å². The Morgan fingerprint density at radius 3 is 2.70 bits per heavy atom. The fourth-order valence-electron chi connectivity index (χ4n) is 2.82. The van der Waals surface area contributed by atoms with E-state index in [-0.39, 0.29) is 53.7 Å². The van der Waals surface area contributed by atoms with Crippen LogP contribution in [0, 0.1) is 12.8 Å². The summed E-state index contributed by atoms with van der Waals surface area (Å²) in [5, 5.41) is 6.20. The van der Waals surface area contributed by atoms with Crippen molar-refractivity contribution in [1.82, 2.24) is 10.6 Å². The molecule has 1 atom stereocenters. The Labute approximate surface area is 176 Å². The van der Waals surface area contributed by atoms with Crippen LogP contribution in [-0.4, -0.2) is 45.6 Å². The molecule has 1 fully saturated rings. The van der Waals surface area contributed by atoms with E-state index in [1.807, 2.05) is 13.8 Å². The van der Waals surface area contributed by atoms with E-state index in [1.165, 1.54) is 6.07 Å². The van der Waals surface area contributed by atoms with Crippen LogP contribution < -0.4 is 15.4 Å². The van der Waals surface area contributed by atoms with E-state index in [4.69, 9.17) is 0 Å². The van der Waals surface area contributed by atoms with Gasteiger partial charge in [-0.1, -0.05) is 17.7 Å². The van der Waals surface area contributed by atoms with Crippen LogP contribution in [0.5, 0.6) is 5.75 Å². The van der Waals surface area contributed by atoms with E-state index in [9.17, 15) is 17.2 Å². The molecule has 2 rings (SSSR count). The van der Waals surface area contributed by atoms with Crippen molar-refractivity contribution in [3.8, 4) is 5.75 Å². The van der Waals surface area contributed by atoms with Crippen molar-refractivity contribution in [2.24, 2.45) is 10.9 Å². The molecule has 0 bridgehead atoms. The average Bonchev–Trinajstić information content (AvgIpc) is 2.91. The number of sulfone groups is 1. The highest BCUT2D eigenvalue weighted by Crippen LogP contribution is 2.23. The molecule has 1 aliphatic heterocycles. The molecule has 0 spiro atoms. The van der Waals surface area contributed by atoms with Gasteiger partial charge in [0.15, 0.2) is 15.8 Å². The maximum atomic E-state index is 12.5. The molecule has 1 unspecified atom stereocenters. The van der Waals surface area contributed by atoms with Crippen LogP contribution in [0.1, 0.15) is 24.5 Å². The second-order valence-corrected chi connectivity index (χ2v) is 8.56. The third-order valence-electron chi connectivity index (χ3n) is 4.07. The average molecular weight is 517 g/mol. The first-order valence-corrected chi connectivity index (χ1v) is 10.4.